The third-order valence-corrected chi connectivity index (χ3v) is 1.40. The van der Waals surface area contributed by atoms with Gasteiger partial charge in [0.1, 0.15) is 5.76 Å². The number of furan rings is 1. The Labute approximate surface area is 66.0 Å². The van der Waals surface area contributed by atoms with Crippen LogP contribution in [0.2, 0.25) is 0 Å². The van der Waals surface area contributed by atoms with E-state index in [0.29, 0.717) is 6.54 Å². The summed E-state index contributed by atoms with van der Waals surface area (Å²) in [5.41, 5.74) is 1.12. The molecule has 1 aromatic heterocycles. The Balaban J connectivity index is 2.27. The monoisotopic (exact) mass is 155 g/mol. The van der Waals surface area contributed by atoms with Crippen LogP contribution in [0, 0.1) is 6.92 Å². The molecule has 0 aliphatic carbocycles. The lowest BCUT2D eigenvalue weighted by Gasteiger charge is -1.97. The molecule has 11 heavy (non-hydrogen) atoms. The summed E-state index contributed by atoms with van der Waals surface area (Å²) in [6, 6.07) is 1.98. The van der Waals surface area contributed by atoms with Gasteiger partial charge in [0.15, 0.2) is 0 Å². The van der Waals surface area contributed by atoms with Crippen LogP contribution in [0.3, 0.4) is 0 Å². The number of hydrogen-bond donors (Lipinski definition) is 2. The van der Waals surface area contributed by atoms with E-state index in [1.165, 1.54) is 0 Å². The largest absolute Gasteiger partial charge is 0.469 e. The zero-order chi connectivity index (χ0) is 8.10. The van der Waals surface area contributed by atoms with E-state index in [9.17, 15) is 0 Å². The maximum atomic E-state index is 8.46. The molecule has 1 heterocycles. The number of aryl methyl sites for hydroxylation is 1. The molecule has 0 aliphatic rings. The lowest BCUT2D eigenvalue weighted by atomic mass is 10.3. The highest BCUT2D eigenvalue weighted by atomic mass is 16.3. The minimum atomic E-state index is 0.177. The van der Waals surface area contributed by atoms with Gasteiger partial charge in [-0.05, 0) is 13.0 Å². The topological polar surface area (TPSA) is 45.4 Å². The van der Waals surface area contributed by atoms with E-state index in [0.717, 1.165) is 17.9 Å². The molecule has 0 spiro atoms. The van der Waals surface area contributed by atoms with E-state index >= 15 is 0 Å². The van der Waals surface area contributed by atoms with Crippen LogP contribution in [-0.4, -0.2) is 18.3 Å². The molecular formula is C8H13NO2. The van der Waals surface area contributed by atoms with Crippen molar-refractivity contribution < 1.29 is 9.52 Å². The van der Waals surface area contributed by atoms with Crippen molar-refractivity contribution in [1.29, 1.82) is 0 Å². The van der Waals surface area contributed by atoms with Gasteiger partial charge in [-0.25, -0.2) is 0 Å². The Bertz CT molecular complexity index is 208. The van der Waals surface area contributed by atoms with Crippen molar-refractivity contribution in [2.45, 2.75) is 13.5 Å². The molecule has 1 rings (SSSR count). The summed E-state index contributed by atoms with van der Waals surface area (Å²) in [5, 5.41) is 11.5. The Morgan fingerprint density at radius 1 is 1.64 bits per heavy atom. The van der Waals surface area contributed by atoms with Crippen molar-refractivity contribution in [3.63, 3.8) is 0 Å². The van der Waals surface area contributed by atoms with E-state index in [2.05, 4.69) is 5.32 Å². The second-order valence-corrected chi connectivity index (χ2v) is 2.47. The van der Waals surface area contributed by atoms with Crippen LogP contribution < -0.4 is 5.32 Å². The molecule has 0 amide bonds. The average Bonchev–Trinajstić information content (AvgIpc) is 2.37. The molecule has 1 aromatic rings. The third kappa shape index (κ3) is 2.74. The average molecular weight is 155 g/mol. The first-order valence-corrected chi connectivity index (χ1v) is 3.68. The molecular weight excluding hydrogens is 142 g/mol. The van der Waals surface area contributed by atoms with Crippen LogP contribution in [0.25, 0.3) is 0 Å². The predicted molar refractivity (Wildman–Crippen MR) is 42.2 cm³/mol. The van der Waals surface area contributed by atoms with E-state index in [1.54, 1.807) is 6.26 Å². The van der Waals surface area contributed by atoms with Crippen LogP contribution in [0.1, 0.15) is 11.3 Å². The van der Waals surface area contributed by atoms with E-state index in [1.807, 2.05) is 13.0 Å². The van der Waals surface area contributed by atoms with Crippen molar-refractivity contribution in [2.75, 3.05) is 13.2 Å². The first-order chi connectivity index (χ1) is 5.33. The molecule has 0 saturated heterocycles. The van der Waals surface area contributed by atoms with Gasteiger partial charge in [-0.15, -0.1) is 0 Å². The van der Waals surface area contributed by atoms with Crippen molar-refractivity contribution in [2.24, 2.45) is 0 Å². The smallest absolute Gasteiger partial charge is 0.101 e. The first kappa shape index (κ1) is 8.30. The van der Waals surface area contributed by atoms with Gasteiger partial charge in [-0.3, -0.25) is 0 Å². The maximum absolute atomic E-state index is 8.46. The number of hydrogen-bond acceptors (Lipinski definition) is 3. The van der Waals surface area contributed by atoms with Gasteiger partial charge in [0, 0.05) is 18.7 Å². The summed E-state index contributed by atoms with van der Waals surface area (Å²) in [7, 11) is 0. The van der Waals surface area contributed by atoms with Gasteiger partial charge in [0.05, 0.1) is 12.9 Å². The number of aliphatic hydroxyl groups is 1. The maximum Gasteiger partial charge on any atom is 0.101 e. The normalized spacial score (nSPS) is 10.4. The number of rotatable bonds is 4. The first-order valence-electron chi connectivity index (χ1n) is 3.68. The fourth-order valence-electron chi connectivity index (χ4n) is 0.902. The molecule has 62 valence electrons. The summed E-state index contributed by atoms with van der Waals surface area (Å²) in [5.74, 6) is 0.922. The van der Waals surface area contributed by atoms with Crippen molar-refractivity contribution >= 4 is 0 Å². The van der Waals surface area contributed by atoms with Crippen molar-refractivity contribution in [3.05, 3.63) is 23.7 Å². The molecule has 0 unspecified atom stereocenters. The summed E-state index contributed by atoms with van der Waals surface area (Å²) in [6.45, 7) is 3.48. The van der Waals surface area contributed by atoms with Gasteiger partial charge >= 0.3 is 0 Å². The van der Waals surface area contributed by atoms with Crippen molar-refractivity contribution in [3.8, 4) is 0 Å². The fraction of sp³-hybridized carbons (Fsp3) is 0.500. The van der Waals surface area contributed by atoms with E-state index in [-0.39, 0.29) is 6.61 Å². The second-order valence-electron chi connectivity index (χ2n) is 2.47. The third-order valence-electron chi connectivity index (χ3n) is 1.40. The molecule has 0 radical (unpaired) electrons. The molecule has 0 atom stereocenters. The SMILES string of the molecule is Cc1cc(CNCCO)co1. The van der Waals surface area contributed by atoms with Crippen LogP contribution in [0.15, 0.2) is 16.7 Å². The summed E-state index contributed by atoms with van der Waals surface area (Å²) in [4.78, 5) is 0. The van der Waals surface area contributed by atoms with Gasteiger partial charge < -0.3 is 14.8 Å². The second kappa shape index (κ2) is 4.16. The zero-order valence-electron chi connectivity index (χ0n) is 6.63. The van der Waals surface area contributed by atoms with E-state index in [4.69, 9.17) is 9.52 Å². The predicted octanol–water partition coefficient (Wildman–Crippen LogP) is 0.670. The summed E-state index contributed by atoms with van der Waals surface area (Å²) < 4.78 is 5.09. The van der Waals surface area contributed by atoms with Gasteiger partial charge in [0.25, 0.3) is 0 Å². The van der Waals surface area contributed by atoms with Crippen LogP contribution in [0.4, 0.5) is 0 Å². The molecule has 3 nitrogen and oxygen atoms in total. The highest BCUT2D eigenvalue weighted by Crippen LogP contribution is 2.04. The van der Waals surface area contributed by atoms with Gasteiger partial charge in [0.2, 0.25) is 0 Å². The molecule has 2 N–H and O–H groups in total. The Morgan fingerprint density at radius 3 is 3.00 bits per heavy atom. The van der Waals surface area contributed by atoms with Crippen LogP contribution >= 0.6 is 0 Å². The highest BCUT2D eigenvalue weighted by molar-refractivity contribution is 5.10. The fourth-order valence-corrected chi connectivity index (χ4v) is 0.902. The highest BCUT2D eigenvalue weighted by Gasteiger charge is 1.95. The minimum Gasteiger partial charge on any atom is -0.469 e. The number of aliphatic hydroxyl groups excluding tert-OH is 1. The van der Waals surface area contributed by atoms with Crippen LogP contribution in [0.5, 0.6) is 0 Å². The molecule has 0 bridgehead atoms. The quantitative estimate of drug-likeness (QED) is 0.628. The van der Waals surface area contributed by atoms with Gasteiger partial charge in [-0.1, -0.05) is 0 Å². The number of nitrogens with one attached hydrogen (secondary N) is 1. The zero-order valence-corrected chi connectivity index (χ0v) is 6.63. The van der Waals surface area contributed by atoms with Gasteiger partial charge in [-0.2, -0.15) is 0 Å². The van der Waals surface area contributed by atoms with Crippen LogP contribution in [-0.2, 0) is 6.54 Å². The molecule has 3 heteroatoms. The Hall–Kier alpha value is -0.800. The standard InChI is InChI=1S/C8H13NO2/c1-7-4-8(6-11-7)5-9-2-3-10/h4,6,9-10H,2-3,5H2,1H3. The lowest BCUT2D eigenvalue weighted by Crippen LogP contribution is -2.16. The molecule has 0 saturated carbocycles. The molecule has 0 aliphatic heterocycles. The summed E-state index contributed by atoms with van der Waals surface area (Å²) in [6.07, 6.45) is 1.72. The minimum absolute atomic E-state index is 0.177. The lowest BCUT2D eigenvalue weighted by molar-refractivity contribution is 0.292. The molecule has 0 aromatic carbocycles. The van der Waals surface area contributed by atoms with Crippen molar-refractivity contribution in [1.82, 2.24) is 5.32 Å². The Kier molecular flexibility index (Phi) is 3.14. The summed E-state index contributed by atoms with van der Waals surface area (Å²) >= 11 is 0. The molecule has 0 fully saturated rings. The van der Waals surface area contributed by atoms with E-state index < -0.39 is 0 Å². The Morgan fingerprint density at radius 2 is 2.45 bits per heavy atom.